The molecule has 1 heterocycles. The number of allylic oxidation sites excluding steroid dienone is 1. The van der Waals surface area contributed by atoms with E-state index in [0.717, 1.165) is 12.2 Å². The fraction of sp³-hybridized carbons (Fsp3) is 0.520. The summed E-state index contributed by atoms with van der Waals surface area (Å²) in [6, 6.07) is 6.12. The lowest BCUT2D eigenvalue weighted by Crippen LogP contribution is -2.61. The molecular weight excluding hydrogens is 506 g/mol. The van der Waals surface area contributed by atoms with E-state index < -0.39 is 67.7 Å². The quantitative estimate of drug-likeness (QED) is 0.130. The molecule has 1 aromatic carbocycles. The Balaban J connectivity index is 1.83. The van der Waals surface area contributed by atoms with Crippen molar-refractivity contribution in [1.29, 1.82) is 5.26 Å². The molecule has 1 saturated carbocycles. The van der Waals surface area contributed by atoms with Crippen LogP contribution in [-0.4, -0.2) is 113 Å². The molecule has 0 aromatic heterocycles. The molecule has 1 saturated heterocycles. The van der Waals surface area contributed by atoms with E-state index >= 15 is 0 Å². The third kappa shape index (κ3) is 6.49. The van der Waals surface area contributed by atoms with Crippen LogP contribution < -0.4 is 4.74 Å². The molecule has 208 valence electrons. The topological polar surface area (TPSA) is 208 Å². The van der Waals surface area contributed by atoms with Crippen molar-refractivity contribution in [2.45, 2.75) is 61.5 Å². The summed E-state index contributed by atoms with van der Waals surface area (Å²) in [4.78, 5) is 12.6. The monoisotopic (exact) mass is 537 g/mol. The minimum atomic E-state index is -1.74. The second kappa shape index (κ2) is 13.1. The van der Waals surface area contributed by atoms with Gasteiger partial charge in [0.2, 0.25) is 0 Å². The van der Waals surface area contributed by atoms with Gasteiger partial charge < -0.3 is 54.3 Å². The average molecular weight is 538 g/mol. The van der Waals surface area contributed by atoms with Crippen molar-refractivity contribution >= 4 is 12.0 Å². The third-order valence-electron chi connectivity index (χ3n) is 6.39. The number of hydrogen-bond acceptors (Lipinski definition) is 13. The Labute approximate surface area is 218 Å². The normalized spacial score (nSPS) is 34.7. The molecule has 9 atom stereocenters. The number of phenols is 1. The van der Waals surface area contributed by atoms with Gasteiger partial charge in [-0.1, -0.05) is 6.07 Å². The Kier molecular flexibility index (Phi) is 10.2. The highest BCUT2D eigenvalue weighted by molar-refractivity contribution is 5.87. The molecule has 0 bridgehead atoms. The van der Waals surface area contributed by atoms with Crippen molar-refractivity contribution < 1.29 is 59.1 Å². The van der Waals surface area contributed by atoms with E-state index in [4.69, 9.17) is 28.9 Å². The predicted molar refractivity (Wildman–Crippen MR) is 127 cm³/mol. The van der Waals surface area contributed by atoms with Crippen LogP contribution >= 0.6 is 0 Å². The third-order valence-corrected chi connectivity index (χ3v) is 6.39. The minimum Gasteiger partial charge on any atom is -0.504 e. The number of aliphatic hydroxyl groups is 5. The van der Waals surface area contributed by atoms with Crippen molar-refractivity contribution in [3.63, 3.8) is 0 Å². The van der Waals surface area contributed by atoms with Crippen LogP contribution in [0.2, 0.25) is 0 Å². The minimum absolute atomic E-state index is 0.00399. The number of aromatic hydroxyl groups is 1. The summed E-state index contributed by atoms with van der Waals surface area (Å²) in [7, 11) is 2.68. The fourth-order valence-electron chi connectivity index (χ4n) is 4.29. The number of ether oxygens (including phenoxy) is 5. The Morgan fingerprint density at radius 3 is 2.55 bits per heavy atom. The number of esters is 1. The highest BCUT2D eigenvalue weighted by atomic mass is 16.7. The van der Waals surface area contributed by atoms with Crippen LogP contribution in [0.4, 0.5) is 0 Å². The zero-order chi connectivity index (χ0) is 28.0. The predicted octanol–water partition coefficient (Wildman–Crippen LogP) is -1.26. The van der Waals surface area contributed by atoms with Gasteiger partial charge in [-0.3, -0.25) is 0 Å². The van der Waals surface area contributed by atoms with Crippen molar-refractivity contribution in [1.82, 2.24) is 0 Å². The Morgan fingerprint density at radius 1 is 1.18 bits per heavy atom. The van der Waals surface area contributed by atoms with Crippen LogP contribution in [0, 0.1) is 11.3 Å². The molecule has 38 heavy (non-hydrogen) atoms. The standard InChI is InChI=1S/C25H31NO12/c1-34-16-9-12(3-5-14(16)28)4-6-19(29)38-24-23(33)22(32)18(11-27)37-25(24)36-15-10-17(35-2)21(31)20(30)13(15)7-8-26/h3-7,9,15,17-18,20-25,27-28,30-33H,10-11H2,1-2H3/b6-4+,13-7-/t15-,17+,18-,20+,21+,22-,23+,24-,25-/m1/s1. The van der Waals surface area contributed by atoms with E-state index in [-0.39, 0.29) is 23.5 Å². The maximum Gasteiger partial charge on any atom is 0.331 e. The maximum atomic E-state index is 12.6. The fourth-order valence-corrected chi connectivity index (χ4v) is 4.29. The van der Waals surface area contributed by atoms with Crippen LogP contribution in [0.15, 0.2) is 35.9 Å². The number of carbonyl (C=O) groups is 1. The molecule has 2 aliphatic rings. The van der Waals surface area contributed by atoms with Gasteiger partial charge in [0.25, 0.3) is 0 Å². The summed E-state index contributed by atoms with van der Waals surface area (Å²) in [5.74, 6) is -0.865. The van der Waals surface area contributed by atoms with Crippen molar-refractivity contribution in [3.05, 3.63) is 41.5 Å². The molecule has 13 nitrogen and oxygen atoms in total. The lowest BCUT2D eigenvalue weighted by molar-refractivity contribution is -0.314. The number of nitriles is 1. The molecule has 1 aliphatic carbocycles. The zero-order valence-corrected chi connectivity index (χ0v) is 20.7. The lowest BCUT2D eigenvalue weighted by Gasteiger charge is -2.44. The molecule has 0 radical (unpaired) electrons. The number of carbonyl (C=O) groups excluding carboxylic acids is 1. The summed E-state index contributed by atoms with van der Waals surface area (Å²) in [5, 5.41) is 70.2. The lowest BCUT2D eigenvalue weighted by atomic mass is 9.84. The summed E-state index contributed by atoms with van der Waals surface area (Å²) in [6.45, 7) is -0.699. The number of nitrogens with zero attached hydrogens (tertiary/aromatic N) is 1. The van der Waals surface area contributed by atoms with E-state index in [9.17, 15) is 35.4 Å². The smallest absolute Gasteiger partial charge is 0.331 e. The second-order valence-electron chi connectivity index (χ2n) is 8.72. The molecule has 0 unspecified atom stereocenters. The molecule has 1 aromatic rings. The highest BCUT2D eigenvalue weighted by Crippen LogP contribution is 2.33. The first-order valence-corrected chi connectivity index (χ1v) is 11.7. The van der Waals surface area contributed by atoms with Crippen LogP contribution in [0.25, 0.3) is 6.08 Å². The van der Waals surface area contributed by atoms with Crippen molar-refractivity contribution in [2.75, 3.05) is 20.8 Å². The number of phenolic OH excluding ortho intramolecular Hbond substituents is 1. The van der Waals surface area contributed by atoms with Gasteiger partial charge in [0.05, 0.1) is 32.0 Å². The van der Waals surface area contributed by atoms with Crippen LogP contribution in [0.5, 0.6) is 11.5 Å². The van der Waals surface area contributed by atoms with Crippen molar-refractivity contribution in [3.8, 4) is 17.6 Å². The number of rotatable bonds is 8. The number of hydrogen-bond donors (Lipinski definition) is 6. The van der Waals surface area contributed by atoms with Gasteiger partial charge in [0, 0.05) is 31.3 Å². The molecule has 1 aliphatic heterocycles. The van der Waals surface area contributed by atoms with Gasteiger partial charge in [-0.2, -0.15) is 5.26 Å². The van der Waals surface area contributed by atoms with E-state index in [0.29, 0.717) is 5.56 Å². The number of benzene rings is 1. The SMILES string of the molecule is COc1cc(/C=C/C(=O)O[C@H]2[C@H](O[C@@H]3C[C@H](OC)[C@H](O)[C@@H](O)/C3=C\C#N)O[C@H](CO)[C@@H](O)[C@@H]2O)ccc1O. The van der Waals surface area contributed by atoms with Gasteiger partial charge in [-0.15, -0.1) is 0 Å². The van der Waals surface area contributed by atoms with Gasteiger partial charge in [0.15, 0.2) is 23.9 Å². The first-order valence-electron chi connectivity index (χ1n) is 11.7. The number of methoxy groups -OCH3 is 2. The summed E-state index contributed by atoms with van der Waals surface area (Å²) < 4.78 is 27.0. The van der Waals surface area contributed by atoms with E-state index in [1.54, 1.807) is 6.07 Å². The summed E-state index contributed by atoms with van der Waals surface area (Å²) in [5.41, 5.74) is 0.487. The van der Waals surface area contributed by atoms with Crippen molar-refractivity contribution in [2.24, 2.45) is 0 Å². The van der Waals surface area contributed by atoms with Crippen LogP contribution in [0.1, 0.15) is 12.0 Å². The molecule has 0 spiro atoms. The second-order valence-corrected chi connectivity index (χ2v) is 8.72. The molecule has 0 amide bonds. The Hall–Kier alpha value is -3.06. The molecule has 6 N–H and O–H groups in total. The van der Waals surface area contributed by atoms with Gasteiger partial charge >= 0.3 is 5.97 Å². The summed E-state index contributed by atoms with van der Waals surface area (Å²) >= 11 is 0. The van der Waals surface area contributed by atoms with E-state index in [1.807, 2.05) is 0 Å². The van der Waals surface area contributed by atoms with Gasteiger partial charge in [-0.25, -0.2) is 4.79 Å². The van der Waals surface area contributed by atoms with Crippen LogP contribution in [0.3, 0.4) is 0 Å². The average Bonchev–Trinajstić information content (AvgIpc) is 2.91. The Bertz CT molecular complexity index is 1070. The largest absolute Gasteiger partial charge is 0.504 e. The Morgan fingerprint density at radius 2 is 1.92 bits per heavy atom. The summed E-state index contributed by atoms with van der Waals surface area (Å²) in [6.07, 6.45) is -9.29. The molecular formula is C25H31NO12. The first kappa shape index (κ1) is 29.5. The zero-order valence-electron chi connectivity index (χ0n) is 20.7. The maximum absolute atomic E-state index is 12.6. The molecule has 13 heteroatoms. The van der Waals surface area contributed by atoms with E-state index in [2.05, 4.69) is 0 Å². The van der Waals surface area contributed by atoms with Crippen LogP contribution in [-0.2, 0) is 23.7 Å². The highest BCUT2D eigenvalue weighted by Gasteiger charge is 2.50. The van der Waals surface area contributed by atoms with Gasteiger partial charge in [-0.05, 0) is 23.8 Å². The van der Waals surface area contributed by atoms with E-state index in [1.165, 1.54) is 38.5 Å². The van der Waals surface area contributed by atoms with Gasteiger partial charge in [0.1, 0.15) is 30.5 Å². The molecule has 3 rings (SSSR count). The first-order chi connectivity index (χ1) is 18.1. The molecule has 2 fully saturated rings. The number of aliphatic hydroxyl groups excluding tert-OH is 5.